The Bertz CT molecular complexity index is 335. The molecule has 1 saturated carbocycles. The van der Waals surface area contributed by atoms with Crippen LogP contribution in [0.3, 0.4) is 0 Å². The second-order valence-corrected chi connectivity index (χ2v) is 4.22. The van der Waals surface area contributed by atoms with E-state index >= 15 is 0 Å². The molecule has 14 heavy (non-hydrogen) atoms. The van der Waals surface area contributed by atoms with Crippen molar-refractivity contribution in [2.75, 3.05) is 6.54 Å². The Morgan fingerprint density at radius 3 is 2.79 bits per heavy atom. The fourth-order valence-electron chi connectivity index (χ4n) is 1.78. The van der Waals surface area contributed by atoms with Gasteiger partial charge in [0.1, 0.15) is 5.82 Å². The Morgan fingerprint density at radius 2 is 2.21 bits per heavy atom. The average Bonchev–Trinajstić information content (AvgIpc) is 2.82. The van der Waals surface area contributed by atoms with Gasteiger partial charge >= 0.3 is 0 Å². The van der Waals surface area contributed by atoms with Crippen LogP contribution in [-0.4, -0.2) is 16.5 Å². The summed E-state index contributed by atoms with van der Waals surface area (Å²) in [7, 11) is 0. The van der Waals surface area contributed by atoms with Crippen molar-refractivity contribution in [3.63, 3.8) is 0 Å². The maximum absolute atomic E-state index is 5.52. The Labute approximate surface area is 84.8 Å². The van der Waals surface area contributed by atoms with E-state index < -0.39 is 0 Å². The van der Waals surface area contributed by atoms with E-state index in [1.807, 2.05) is 13.0 Å². The van der Waals surface area contributed by atoms with Crippen molar-refractivity contribution in [2.45, 2.75) is 32.6 Å². The zero-order valence-corrected chi connectivity index (χ0v) is 8.83. The van der Waals surface area contributed by atoms with Crippen molar-refractivity contribution in [2.24, 2.45) is 11.7 Å². The van der Waals surface area contributed by atoms with Crippen LogP contribution in [0.15, 0.2) is 6.07 Å². The van der Waals surface area contributed by atoms with Gasteiger partial charge in [0.2, 0.25) is 0 Å². The molecule has 1 aliphatic rings. The summed E-state index contributed by atoms with van der Waals surface area (Å²) in [5, 5.41) is 0. The molecule has 3 heteroatoms. The molecule has 0 bridgehead atoms. The van der Waals surface area contributed by atoms with Crippen LogP contribution in [0.4, 0.5) is 0 Å². The first-order valence-electron chi connectivity index (χ1n) is 5.25. The van der Waals surface area contributed by atoms with E-state index in [1.54, 1.807) is 0 Å². The van der Waals surface area contributed by atoms with E-state index in [2.05, 4.69) is 16.9 Å². The van der Waals surface area contributed by atoms with Gasteiger partial charge in [0.25, 0.3) is 0 Å². The van der Waals surface area contributed by atoms with E-state index in [-0.39, 0.29) is 0 Å². The van der Waals surface area contributed by atoms with Crippen LogP contribution in [0.25, 0.3) is 0 Å². The number of aryl methyl sites for hydroxylation is 1. The van der Waals surface area contributed by atoms with Gasteiger partial charge in [0.15, 0.2) is 0 Å². The minimum atomic E-state index is 0.603. The molecule has 76 valence electrons. The van der Waals surface area contributed by atoms with Crippen LogP contribution in [0, 0.1) is 12.8 Å². The third kappa shape index (κ3) is 1.93. The van der Waals surface area contributed by atoms with Crippen LogP contribution in [0.5, 0.6) is 0 Å². The number of rotatable bonds is 3. The summed E-state index contributed by atoms with van der Waals surface area (Å²) in [6, 6.07) is 2.03. The van der Waals surface area contributed by atoms with Crippen LogP contribution < -0.4 is 5.73 Å². The first-order valence-corrected chi connectivity index (χ1v) is 5.25. The lowest BCUT2D eigenvalue weighted by molar-refractivity contribution is 0.799. The monoisotopic (exact) mass is 191 g/mol. The lowest BCUT2D eigenvalue weighted by atomic mass is 10.2. The molecule has 0 amide bonds. The van der Waals surface area contributed by atoms with Crippen molar-refractivity contribution < 1.29 is 0 Å². The molecule has 3 nitrogen and oxygen atoms in total. The fourth-order valence-corrected chi connectivity index (χ4v) is 1.78. The van der Waals surface area contributed by atoms with Crippen LogP contribution in [-0.2, 0) is 6.42 Å². The molecule has 0 radical (unpaired) electrons. The van der Waals surface area contributed by atoms with E-state index in [0.29, 0.717) is 12.5 Å². The van der Waals surface area contributed by atoms with Gasteiger partial charge in [-0.1, -0.05) is 6.92 Å². The molecule has 0 aromatic carbocycles. The highest BCUT2D eigenvalue weighted by Gasteiger charge is 2.36. The molecule has 0 saturated heterocycles. The second kappa shape index (κ2) is 3.65. The Morgan fingerprint density at radius 1 is 1.50 bits per heavy atom. The number of hydrogen-bond donors (Lipinski definition) is 1. The molecule has 1 aromatic heterocycles. The molecular weight excluding hydrogens is 174 g/mol. The van der Waals surface area contributed by atoms with Gasteiger partial charge in [-0.3, -0.25) is 0 Å². The first kappa shape index (κ1) is 9.59. The Kier molecular flexibility index (Phi) is 2.50. The maximum atomic E-state index is 5.52. The summed E-state index contributed by atoms with van der Waals surface area (Å²) < 4.78 is 0. The van der Waals surface area contributed by atoms with E-state index in [1.165, 1.54) is 6.42 Å². The molecular formula is C11H17N3. The van der Waals surface area contributed by atoms with Gasteiger partial charge in [-0.15, -0.1) is 0 Å². The van der Waals surface area contributed by atoms with Gasteiger partial charge in [-0.05, 0) is 31.9 Å². The standard InChI is InChI=1S/C11H17N3/c1-7-5-10(7)11-13-8(2)6-9(14-11)3-4-12/h6-7,10H,3-5,12H2,1-2H3. The molecule has 1 aliphatic carbocycles. The summed E-state index contributed by atoms with van der Waals surface area (Å²) in [5.41, 5.74) is 7.68. The predicted octanol–water partition coefficient (Wildman–Crippen LogP) is 1.41. The third-order valence-electron chi connectivity index (χ3n) is 2.77. The molecule has 2 rings (SSSR count). The highest BCUT2D eigenvalue weighted by atomic mass is 14.9. The van der Waals surface area contributed by atoms with E-state index in [0.717, 1.165) is 29.6 Å². The molecule has 0 spiro atoms. The topological polar surface area (TPSA) is 51.8 Å². The molecule has 1 heterocycles. The number of hydrogen-bond acceptors (Lipinski definition) is 3. The lowest BCUT2D eigenvalue weighted by Gasteiger charge is -2.03. The maximum Gasteiger partial charge on any atom is 0.132 e. The molecule has 0 aliphatic heterocycles. The summed E-state index contributed by atoms with van der Waals surface area (Å²) in [6.45, 7) is 4.94. The van der Waals surface area contributed by atoms with Gasteiger partial charge in [0, 0.05) is 23.7 Å². The van der Waals surface area contributed by atoms with Crippen LogP contribution in [0.1, 0.15) is 36.5 Å². The Balaban J connectivity index is 2.23. The van der Waals surface area contributed by atoms with Crippen molar-refractivity contribution in [3.05, 3.63) is 23.3 Å². The van der Waals surface area contributed by atoms with E-state index in [9.17, 15) is 0 Å². The summed E-state index contributed by atoms with van der Waals surface area (Å²) in [6.07, 6.45) is 2.10. The zero-order chi connectivity index (χ0) is 10.1. The van der Waals surface area contributed by atoms with Crippen molar-refractivity contribution in [1.82, 2.24) is 9.97 Å². The highest BCUT2D eigenvalue weighted by Crippen LogP contribution is 2.45. The highest BCUT2D eigenvalue weighted by molar-refractivity contribution is 5.16. The minimum Gasteiger partial charge on any atom is -0.330 e. The van der Waals surface area contributed by atoms with Crippen molar-refractivity contribution in [1.29, 1.82) is 0 Å². The fraction of sp³-hybridized carbons (Fsp3) is 0.636. The van der Waals surface area contributed by atoms with E-state index in [4.69, 9.17) is 5.73 Å². The molecule has 1 fully saturated rings. The van der Waals surface area contributed by atoms with Crippen molar-refractivity contribution >= 4 is 0 Å². The Hall–Kier alpha value is -0.960. The van der Waals surface area contributed by atoms with Gasteiger partial charge in [0.05, 0.1) is 0 Å². The van der Waals surface area contributed by atoms with Gasteiger partial charge < -0.3 is 5.73 Å². The number of nitrogens with zero attached hydrogens (tertiary/aromatic N) is 2. The smallest absolute Gasteiger partial charge is 0.132 e. The quantitative estimate of drug-likeness (QED) is 0.786. The first-order chi connectivity index (χ1) is 6.70. The predicted molar refractivity (Wildman–Crippen MR) is 56.0 cm³/mol. The lowest BCUT2D eigenvalue weighted by Crippen LogP contribution is -2.07. The molecule has 1 aromatic rings. The largest absolute Gasteiger partial charge is 0.330 e. The van der Waals surface area contributed by atoms with Crippen molar-refractivity contribution in [3.8, 4) is 0 Å². The van der Waals surface area contributed by atoms with Gasteiger partial charge in [-0.25, -0.2) is 9.97 Å². The average molecular weight is 191 g/mol. The second-order valence-electron chi connectivity index (χ2n) is 4.22. The minimum absolute atomic E-state index is 0.603. The summed E-state index contributed by atoms with van der Waals surface area (Å²) in [5.74, 6) is 2.40. The normalized spacial score (nSPS) is 25.1. The molecule has 2 unspecified atom stereocenters. The molecule has 2 atom stereocenters. The third-order valence-corrected chi connectivity index (χ3v) is 2.77. The number of aromatic nitrogens is 2. The SMILES string of the molecule is Cc1cc(CCN)nc(C2CC2C)n1. The van der Waals surface area contributed by atoms with Crippen LogP contribution >= 0.6 is 0 Å². The summed E-state index contributed by atoms with van der Waals surface area (Å²) in [4.78, 5) is 9.02. The molecule has 2 N–H and O–H groups in total. The number of nitrogens with two attached hydrogens (primary N) is 1. The van der Waals surface area contributed by atoms with Gasteiger partial charge in [-0.2, -0.15) is 0 Å². The summed E-state index contributed by atoms with van der Waals surface area (Å²) >= 11 is 0. The zero-order valence-electron chi connectivity index (χ0n) is 8.83. The van der Waals surface area contributed by atoms with Crippen LogP contribution in [0.2, 0.25) is 0 Å².